The van der Waals surface area contributed by atoms with Crippen LogP contribution in [0.5, 0.6) is 0 Å². The average molecular weight is 222 g/mol. The minimum Gasteiger partial charge on any atom is -0.391 e. The van der Waals surface area contributed by atoms with Crippen LogP contribution in [0.4, 0.5) is 0 Å². The smallest absolute Gasteiger partial charge is 0.142 e. The summed E-state index contributed by atoms with van der Waals surface area (Å²) in [6, 6.07) is 9.92. The highest BCUT2D eigenvalue weighted by Crippen LogP contribution is 2.00. The summed E-state index contributed by atoms with van der Waals surface area (Å²) in [5.41, 5.74) is 1.11. The van der Waals surface area contributed by atoms with E-state index >= 15 is 0 Å². The monoisotopic (exact) mass is 222 g/mol. The van der Waals surface area contributed by atoms with Crippen molar-refractivity contribution in [2.24, 2.45) is 10.1 Å². The Morgan fingerprint density at radius 3 is 2.73 bits per heavy atom. The van der Waals surface area contributed by atoms with E-state index < -0.39 is 0 Å². The summed E-state index contributed by atoms with van der Waals surface area (Å²) in [4.78, 5) is 9.13. The summed E-state index contributed by atoms with van der Waals surface area (Å²) < 4.78 is 0. The Labute approximate surface area is 94.2 Å². The molecular weight excluding hydrogens is 208 g/mol. The predicted octanol–water partition coefficient (Wildman–Crippen LogP) is 2.58. The second kappa shape index (κ2) is 7.06. The second-order valence-corrected chi connectivity index (χ2v) is 3.59. The number of hydrogen-bond acceptors (Lipinski definition) is 4. The van der Waals surface area contributed by atoms with E-state index in [1.54, 1.807) is 13.3 Å². The molecule has 15 heavy (non-hydrogen) atoms. The third-order valence-corrected chi connectivity index (χ3v) is 2.45. The Hall–Kier alpha value is -1.29. The average Bonchev–Trinajstić information content (AvgIpc) is 2.31. The van der Waals surface area contributed by atoms with Crippen LogP contribution in [0, 0.1) is 0 Å². The maximum atomic E-state index is 5.13. The Bertz CT molecular complexity index is 336. The summed E-state index contributed by atoms with van der Waals surface area (Å²) in [5.74, 6) is 0. The first-order valence-electron chi connectivity index (χ1n) is 4.57. The summed E-state index contributed by atoms with van der Waals surface area (Å²) in [6.07, 6.45) is 3.57. The minimum absolute atomic E-state index is 0.489. The van der Waals surface area contributed by atoms with Crippen LogP contribution in [0.15, 0.2) is 40.5 Å². The lowest BCUT2D eigenvalue weighted by Crippen LogP contribution is -1.94. The van der Waals surface area contributed by atoms with E-state index in [4.69, 9.17) is 4.84 Å². The molecule has 0 radical (unpaired) electrons. The van der Waals surface area contributed by atoms with E-state index in [-0.39, 0.29) is 0 Å². The zero-order chi connectivity index (χ0) is 10.9. The Morgan fingerprint density at radius 1 is 1.40 bits per heavy atom. The molecule has 0 N–H and O–H groups in total. The van der Waals surface area contributed by atoms with Gasteiger partial charge in [-0.15, -0.1) is 11.8 Å². The van der Waals surface area contributed by atoms with Crippen molar-refractivity contribution in [1.82, 2.24) is 0 Å². The van der Waals surface area contributed by atoms with Gasteiger partial charge >= 0.3 is 0 Å². The molecule has 1 rings (SSSR count). The molecule has 0 saturated heterocycles. The molecule has 0 atom stereocenters. The lowest BCUT2D eigenvalue weighted by Gasteiger charge is -1.98. The quantitative estimate of drug-likeness (QED) is 0.446. The maximum absolute atomic E-state index is 5.13. The first-order chi connectivity index (χ1) is 7.36. The van der Waals surface area contributed by atoms with Crippen LogP contribution in [0.2, 0.25) is 0 Å². The van der Waals surface area contributed by atoms with E-state index in [1.807, 2.05) is 36.6 Å². The molecule has 0 aliphatic carbocycles. The van der Waals surface area contributed by atoms with Crippen LogP contribution in [0.25, 0.3) is 0 Å². The van der Waals surface area contributed by atoms with Crippen molar-refractivity contribution in [3.8, 4) is 0 Å². The molecule has 80 valence electrons. The predicted molar refractivity (Wildman–Crippen MR) is 66.6 cm³/mol. The number of benzene rings is 1. The van der Waals surface area contributed by atoms with E-state index in [1.165, 1.54) is 11.8 Å². The Morgan fingerprint density at radius 2 is 2.13 bits per heavy atom. The molecule has 1 aromatic rings. The summed E-state index contributed by atoms with van der Waals surface area (Å²) >= 11 is 1.54. The molecule has 1 aromatic carbocycles. The second-order valence-electron chi connectivity index (χ2n) is 2.76. The van der Waals surface area contributed by atoms with Gasteiger partial charge in [-0.1, -0.05) is 35.5 Å². The van der Waals surface area contributed by atoms with Gasteiger partial charge in [-0.3, -0.25) is 4.99 Å². The summed E-state index contributed by atoms with van der Waals surface area (Å²) in [7, 11) is 1.73. The molecule has 0 aliphatic rings. The van der Waals surface area contributed by atoms with E-state index in [2.05, 4.69) is 10.1 Å². The molecule has 0 aromatic heterocycles. The Kier molecular flexibility index (Phi) is 5.55. The SMILES string of the molecule is CN=C(/C=N/OCc1ccccc1)SC. The zero-order valence-corrected chi connectivity index (χ0v) is 9.70. The number of oxime groups is 1. The van der Waals surface area contributed by atoms with Crippen LogP contribution in [-0.2, 0) is 11.4 Å². The fraction of sp³-hybridized carbons (Fsp3) is 0.273. The molecule has 4 heteroatoms. The fourth-order valence-corrected chi connectivity index (χ4v) is 1.30. The van der Waals surface area contributed by atoms with Crippen molar-refractivity contribution < 1.29 is 4.84 Å². The third kappa shape index (κ3) is 4.65. The third-order valence-electron chi connectivity index (χ3n) is 1.74. The van der Waals surface area contributed by atoms with Crippen molar-refractivity contribution >= 4 is 23.0 Å². The van der Waals surface area contributed by atoms with Gasteiger partial charge in [-0.2, -0.15) is 0 Å². The number of hydrogen-bond donors (Lipinski definition) is 0. The van der Waals surface area contributed by atoms with Crippen LogP contribution >= 0.6 is 11.8 Å². The number of nitrogens with zero attached hydrogens (tertiary/aromatic N) is 2. The van der Waals surface area contributed by atoms with Crippen LogP contribution in [0.3, 0.4) is 0 Å². The Balaban J connectivity index is 2.33. The molecule has 0 fully saturated rings. The zero-order valence-electron chi connectivity index (χ0n) is 8.88. The summed E-state index contributed by atoms with van der Waals surface area (Å²) in [6.45, 7) is 0.489. The van der Waals surface area contributed by atoms with Gasteiger partial charge in [0.05, 0.1) is 6.21 Å². The molecule has 3 nitrogen and oxygen atoms in total. The molecule has 0 heterocycles. The topological polar surface area (TPSA) is 34.0 Å². The van der Waals surface area contributed by atoms with E-state index in [0.29, 0.717) is 6.61 Å². The number of thioether (sulfide) groups is 1. The van der Waals surface area contributed by atoms with E-state index in [9.17, 15) is 0 Å². The fourth-order valence-electron chi connectivity index (χ4n) is 0.970. The first kappa shape index (κ1) is 11.8. The van der Waals surface area contributed by atoms with Gasteiger partial charge < -0.3 is 4.84 Å². The van der Waals surface area contributed by atoms with Crippen molar-refractivity contribution in [3.63, 3.8) is 0 Å². The van der Waals surface area contributed by atoms with Crippen molar-refractivity contribution in [2.75, 3.05) is 13.3 Å². The highest BCUT2D eigenvalue weighted by molar-refractivity contribution is 8.14. The van der Waals surface area contributed by atoms with Gasteiger partial charge in [-0.25, -0.2) is 0 Å². The van der Waals surface area contributed by atoms with Crippen LogP contribution < -0.4 is 0 Å². The largest absolute Gasteiger partial charge is 0.391 e. The van der Waals surface area contributed by atoms with Gasteiger partial charge in [-0.05, 0) is 11.8 Å². The van der Waals surface area contributed by atoms with Crippen molar-refractivity contribution in [2.45, 2.75) is 6.61 Å². The molecule has 0 unspecified atom stereocenters. The summed E-state index contributed by atoms with van der Waals surface area (Å²) in [5, 5.41) is 4.68. The first-order valence-corrected chi connectivity index (χ1v) is 5.79. The maximum Gasteiger partial charge on any atom is 0.142 e. The molecule has 0 amide bonds. The molecule has 0 aliphatic heterocycles. The normalized spacial score (nSPS) is 12.0. The van der Waals surface area contributed by atoms with E-state index in [0.717, 1.165) is 10.6 Å². The van der Waals surface area contributed by atoms with Gasteiger partial charge in [0.25, 0.3) is 0 Å². The highest BCUT2D eigenvalue weighted by Gasteiger charge is 1.91. The van der Waals surface area contributed by atoms with Gasteiger partial charge in [0.2, 0.25) is 0 Å². The van der Waals surface area contributed by atoms with Crippen LogP contribution in [0.1, 0.15) is 5.56 Å². The molecular formula is C11H14N2OS. The van der Waals surface area contributed by atoms with Crippen molar-refractivity contribution in [3.05, 3.63) is 35.9 Å². The van der Waals surface area contributed by atoms with Crippen LogP contribution in [-0.4, -0.2) is 24.6 Å². The number of aliphatic imine (C=N–C) groups is 1. The highest BCUT2D eigenvalue weighted by atomic mass is 32.2. The van der Waals surface area contributed by atoms with Gasteiger partial charge in [0, 0.05) is 7.05 Å². The lowest BCUT2D eigenvalue weighted by molar-refractivity contribution is 0.132. The molecule has 0 bridgehead atoms. The standard InChI is InChI=1S/C11H14N2OS/c1-12-11(15-2)8-13-14-9-10-6-4-3-5-7-10/h3-8H,9H2,1-2H3/b12-11?,13-8+. The molecule has 0 saturated carbocycles. The number of rotatable bonds is 4. The lowest BCUT2D eigenvalue weighted by atomic mass is 10.2. The van der Waals surface area contributed by atoms with Crippen molar-refractivity contribution in [1.29, 1.82) is 0 Å². The van der Waals surface area contributed by atoms with Gasteiger partial charge in [0.1, 0.15) is 11.7 Å². The van der Waals surface area contributed by atoms with Gasteiger partial charge in [0.15, 0.2) is 0 Å². The molecule has 0 spiro atoms. The minimum atomic E-state index is 0.489.